The minimum Gasteiger partial charge on any atom is -0.424 e. The molecule has 3 nitrogen and oxygen atoms in total. The quantitative estimate of drug-likeness (QED) is 0.750. The third-order valence-corrected chi connectivity index (χ3v) is 2.55. The molecule has 1 aromatic carbocycles. The summed E-state index contributed by atoms with van der Waals surface area (Å²) in [6, 6.07) is 10.4. The molecule has 16 heavy (non-hydrogen) atoms. The summed E-state index contributed by atoms with van der Waals surface area (Å²) in [5.41, 5.74) is 1.33. The van der Waals surface area contributed by atoms with E-state index in [-0.39, 0.29) is 5.88 Å². The first-order valence-electron chi connectivity index (χ1n) is 5.29. The van der Waals surface area contributed by atoms with E-state index >= 15 is 0 Å². The Morgan fingerprint density at radius 3 is 2.44 bits per heavy atom. The van der Waals surface area contributed by atoms with Crippen molar-refractivity contribution in [2.24, 2.45) is 0 Å². The van der Waals surface area contributed by atoms with Crippen molar-refractivity contribution in [1.29, 1.82) is 0 Å². The Balaban J connectivity index is 1.80. The zero-order valence-electron chi connectivity index (χ0n) is 8.90. The van der Waals surface area contributed by atoms with Gasteiger partial charge >= 0.3 is 0 Å². The topological polar surface area (TPSA) is 38.9 Å². The first-order valence-corrected chi connectivity index (χ1v) is 5.83. The highest BCUT2D eigenvalue weighted by molar-refractivity contribution is 6.16. The lowest BCUT2D eigenvalue weighted by molar-refractivity contribution is 0.458. The Kier molecular flexibility index (Phi) is 3.94. The highest BCUT2D eigenvalue weighted by Crippen LogP contribution is 2.08. The molecule has 0 fully saturated rings. The van der Waals surface area contributed by atoms with Crippen molar-refractivity contribution >= 4 is 11.6 Å². The van der Waals surface area contributed by atoms with Gasteiger partial charge in [-0.15, -0.1) is 21.8 Å². The Labute approximate surface area is 99.5 Å². The SMILES string of the molecule is ClCc1nnc(CCCc2ccccc2)o1. The van der Waals surface area contributed by atoms with E-state index in [0.717, 1.165) is 19.3 Å². The first-order chi connectivity index (χ1) is 7.88. The van der Waals surface area contributed by atoms with Gasteiger partial charge in [0.25, 0.3) is 0 Å². The van der Waals surface area contributed by atoms with E-state index in [9.17, 15) is 0 Å². The van der Waals surface area contributed by atoms with Crippen molar-refractivity contribution in [2.45, 2.75) is 25.1 Å². The standard InChI is InChI=1S/C12H13ClN2O/c13-9-12-15-14-11(16-12)8-4-7-10-5-2-1-3-6-10/h1-3,5-6H,4,7-9H2. The molecule has 0 N–H and O–H groups in total. The fourth-order valence-corrected chi connectivity index (χ4v) is 1.64. The monoisotopic (exact) mass is 236 g/mol. The maximum absolute atomic E-state index is 5.57. The van der Waals surface area contributed by atoms with Gasteiger partial charge in [-0.3, -0.25) is 0 Å². The number of aromatic nitrogens is 2. The summed E-state index contributed by atoms with van der Waals surface area (Å²) in [5.74, 6) is 1.45. The van der Waals surface area contributed by atoms with E-state index in [2.05, 4.69) is 22.3 Å². The molecule has 0 aliphatic carbocycles. The summed E-state index contributed by atoms with van der Waals surface area (Å²) < 4.78 is 5.32. The minimum absolute atomic E-state index is 0.283. The fraction of sp³-hybridized carbons (Fsp3) is 0.333. The van der Waals surface area contributed by atoms with E-state index in [4.69, 9.17) is 16.0 Å². The minimum atomic E-state index is 0.283. The average molecular weight is 237 g/mol. The number of alkyl halides is 1. The van der Waals surface area contributed by atoms with Crippen LogP contribution in [0.2, 0.25) is 0 Å². The van der Waals surface area contributed by atoms with E-state index in [1.165, 1.54) is 5.56 Å². The van der Waals surface area contributed by atoms with Crippen LogP contribution < -0.4 is 0 Å². The van der Waals surface area contributed by atoms with Crippen LogP contribution in [0.15, 0.2) is 34.7 Å². The molecular weight excluding hydrogens is 224 g/mol. The second kappa shape index (κ2) is 5.66. The highest BCUT2D eigenvalue weighted by Gasteiger charge is 2.04. The molecule has 0 aliphatic rings. The molecule has 0 saturated heterocycles. The predicted molar refractivity (Wildman–Crippen MR) is 62.3 cm³/mol. The third-order valence-electron chi connectivity index (χ3n) is 2.32. The molecule has 0 saturated carbocycles. The summed E-state index contributed by atoms with van der Waals surface area (Å²) in [4.78, 5) is 0. The molecule has 1 aromatic heterocycles. The van der Waals surface area contributed by atoms with Crippen LogP contribution in [0.3, 0.4) is 0 Å². The zero-order chi connectivity index (χ0) is 11.2. The van der Waals surface area contributed by atoms with Gasteiger partial charge in [0.05, 0.1) is 0 Å². The van der Waals surface area contributed by atoms with Crippen molar-refractivity contribution in [2.75, 3.05) is 0 Å². The average Bonchev–Trinajstić information content (AvgIpc) is 2.78. The number of rotatable bonds is 5. The molecule has 1 heterocycles. The molecule has 0 atom stereocenters. The van der Waals surface area contributed by atoms with Crippen LogP contribution in [0, 0.1) is 0 Å². The molecule has 4 heteroatoms. The molecule has 2 aromatic rings. The Hall–Kier alpha value is -1.35. The van der Waals surface area contributed by atoms with Gasteiger partial charge in [0, 0.05) is 6.42 Å². The second-order valence-corrected chi connectivity index (χ2v) is 3.83. The summed E-state index contributed by atoms with van der Waals surface area (Å²) in [6.45, 7) is 0. The predicted octanol–water partition coefficient (Wildman–Crippen LogP) is 2.98. The highest BCUT2D eigenvalue weighted by atomic mass is 35.5. The summed E-state index contributed by atoms with van der Waals surface area (Å²) >= 11 is 5.57. The van der Waals surface area contributed by atoms with Crippen molar-refractivity contribution in [3.8, 4) is 0 Å². The Morgan fingerprint density at radius 1 is 1.00 bits per heavy atom. The second-order valence-electron chi connectivity index (χ2n) is 3.56. The van der Waals surface area contributed by atoms with Gasteiger partial charge in [-0.05, 0) is 18.4 Å². The summed E-state index contributed by atoms with van der Waals surface area (Å²) in [7, 11) is 0. The molecule has 0 bridgehead atoms. The molecule has 84 valence electrons. The van der Waals surface area contributed by atoms with Crippen LogP contribution in [0.1, 0.15) is 23.8 Å². The van der Waals surface area contributed by atoms with E-state index < -0.39 is 0 Å². The van der Waals surface area contributed by atoms with Gasteiger partial charge in [0.1, 0.15) is 5.88 Å². The van der Waals surface area contributed by atoms with Gasteiger partial charge in [0.15, 0.2) is 0 Å². The lowest BCUT2D eigenvalue weighted by Crippen LogP contribution is -1.90. The molecule has 2 rings (SSSR count). The number of nitrogens with zero attached hydrogens (tertiary/aromatic N) is 2. The van der Waals surface area contributed by atoms with Crippen LogP contribution in [0.4, 0.5) is 0 Å². The molecule has 0 radical (unpaired) electrons. The number of hydrogen-bond acceptors (Lipinski definition) is 3. The van der Waals surface area contributed by atoms with Crippen molar-refractivity contribution in [3.05, 3.63) is 47.7 Å². The van der Waals surface area contributed by atoms with Crippen LogP contribution in [-0.2, 0) is 18.7 Å². The Morgan fingerprint density at radius 2 is 1.75 bits per heavy atom. The van der Waals surface area contributed by atoms with Crippen molar-refractivity contribution in [1.82, 2.24) is 10.2 Å². The van der Waals surface area contributed by atoms with Gasteiger partial charge < -0.3 is 4.42 Å². The maximum Gasteiger partial charge on any atom is 0.231 e. The van der Waals surface area contributed by atoms with Crippen LogP contribution in [0.5, 0.6) is 0 Å². The van der Waals surface area contributed by atoms with E-state index in [1.807, 2.05) is 18.2 Å². The fourth-order valence-electron chi connectivity index (χ4n) is 1.53. The van der Waals surface area contributed by atoms with Gasteiger partial charge in [-0.2, -0.15) is 0 Å². The van der Waals surface area contributed by atoms with Gasteiger partial charge in [-0.25, -0.2) is 0 Å². The molecule has 0 spiro atoms. The smallest absolute Gasteiger partial charge is 0.231 e. The first kappa shape index (κ1) is 11.1. The number of halogens is 1. The number of benzene rings is 1. The van der Waals surface area contributed by atoms with E-state index in [1.54, 1.807) is 0 Å². The number of hydrogen-bond donors (Lipinski definition) is 0. The largest absolute Gasteiger partial charge is 0.424 e. The molecule has 0 amide bonds. The van der Waals surface area contributed by atoms with Crippen LogP contribution in [-0.4, -0.2) is 10.2 Å². The molecule has 0 unspecified atom stereocenters. The summed E-state index contributed by atoms with van der Waals surface area (Å²) in [5, 5.41) is 7.73. The molecule has 0 aliphatic heterocycles. The van der Waals surface area contributed by atoms with Gasteiger partial charge in [0.2, 0.25) is 11.8 Å². The third kappa shape index (κ3) is 3.07. The van der Waals surface area contributed by atoms with Crippen molar-refractivity contribution < 1.29 is 4.42 Å². The zero-order valence-corrected chi connectivity index (χ0v) is 9.65. The van der Waals surface area contributed by atoms with Crippen molar-refractivity contribution in [3.63, 3.8) is 0 Å². The lowest BCUT2D eigenvalue weighted by atomic mass is 10.1. The lowest BCUT2D eigenvalue weighted by Gasteiger charge is -1.98. The van der Waals surface area contributed by atoms with E-state index in [0.29, 0.717) is 11.8 Å². The normalized spacial score (nSPS) is 10.6. The molecular formula is C12H13ClN2O. The number of aryl methyl sites for hydroxylation is 2. The van der Waals surface area contributed by atoms with Gasteiger partial charge in [-0.1, -0.05) is 30.3 Å². The van der Waals surface area contributed by atoms with Crippen LogP contribution >= 0.6 is 11.6 Å². The Bertz CT molecular complexity index is 428. The van der Waals surface area contributed by atoms with Crippen LogP contribution in [0.25, 0.3) is 0 Å². The summed E-state index contributed by atoms with van der Waals surface area (Å²) in [6.07, 6.45) is 2.84. The maximum atomic E-state index is 5.57.